The molecule has 0 saturated carbocycles. The minimum atomic E-state index is -0.624. The summed E-state index contributed by atoms with van der Waals surface area (Å²) in [4.78, 5) is 12.1. The van der Waals surface area contributed by atoms with E-state index in [4.69, 9.17) is 11.6 Å². The summed E-state index contributed by atoms with van der Waals surface area (Å²) in [7, 11) is 1.63. The van der Waals surface area contributed by atoms with Crippen LogP contribution in [0.25, 0.3) is 10.8 Å². The largest absolute Gasteiger partial charge is 0.389 e. The molecule has 0 radical (unpaired) electrons. The molecular weight excluding hydrogens is 238 g/mol. The zero-order valence-electron chi connectivity index (χ0n) is 9.99. The first kappa shape index (κ1) is 12.1. The lowest BCUT2D eigenvalue weighted by Gasteiger charge is -2.12. The Hall–Kier alpha value is -1.32. The predicted octanol–water partition coefficient (Wildman–Crippen LogP) is 2.55. The molecule has 1 aromatic carbocycles. The molecule has 90 valence electrons. The van der Waals surface area contributed by atoms with Gasteiger partial charge in [-0.25, -0.2) is 0 Å². The summed E-state index contributed by atoms with van der Waals surface area (Å²) in [6.45, 7) is 3.58. The lowest BCUT2D eigenvalue weighted by Crippen LogP contribution is -2.18. The molecule has 1 heterocycles. The number of aliphatic hydroxyl groups is 1. The van der Waals surface area contributed by atoms with Crippen LogP contribution in [-0.4, -0.2) is 9.67 Å². The fourth-order valence-electron chi connectivity index (χ4n) is 2.00. The van der Waals surface area contributed by atoms with Gasteiger partial charge in [-0.3, -0.25) is 4.79 Å². The van der Waals surface area contributed by atoms with Crippen LogP contribution in [0.2, 0.25) is 5.15 Å². The Kier molecular flexibility index (Phi) is 2.98. The Morgan fingerprint density at radius 3 is 2.53 bits per heavy atom. The van der Waals surface area contributed by atoms with Gasteiger partial charge in [-0.05, 0) is 42.5 Å². The Morgan fingerprint density at radius 1 is 1.29 bits per heavy atom. The van der Waals surface area contributed by atoms with Crippen molar-refractivity contribution < 1.29 is 5.11 Å². The van der Waals surface area contributed by atoms with E-state index in [9.17, 15) is 9.90 Å². The van der Waals surface area contributed by atoms with E-state index >= 15 is 0 Å². The molecule has 1 atom stereocenters. The van der Waals surface area contributed by atoms with Crippen molar-refractivity contribution in [2.75, 3.05) is 0 Å². The first-order valence-electron chi connectivity index (χ1n) is 5.39. The molecule has 0 aliphatic carbocycles. The van der Waals surface area contributed by atoms with Gasteiger partial charge in [0.15, 0.2) is 0 Å². The smallest absolute Gasteiger partial charge is 0.259 e. The van der Waals surface area contributed by atoms with Crippen molar-refractivity contribution >= 4 is 22.4 Å². The molecule has 2 rings (SSSR count). The number of aliphatic hydroxyl groups excluding tert-OH is 1. The lowest BCUT2D eigenvalue weighted by atomic mass is 9.99. The summed E-state index contributed by atoms with van der Waals surface area (Å²) in [6.07, 6.45) is -0.624. The second-order valence-corrected chi connectivity index (χ2v) is 4.71. The number of halogens is 1. The van der Waals surface area contributed by atoms with Gasteiger partial charge < -0.3 is 9.67 Å². The van der Waals surface area contributed by atoms with Gasteiger partial charge in [-0.15, -0.1) is 0 Å². The van der Waals surface area contributed by atoms with E-state index in [1.165, 1.54) is 4.57 Å². The van der Waals surface area contributed by atoms with Crippen LogP contribution in [0, 0.1) is 6.92 Å². The summed E-state index contributed by atoms with van der Waals surface area (Å²) >= 11 is 5.99. The maximum Gasteiger partial charge on any atom is 0.259 e. The van der Waals surface area contributed by atoms with Crippen LogP contribution in [0.15, 0.2) is 23.0 Å². The van der Waals surface area contributed by atoms with Gasteiger partial charge in [0.2, 0.25) is 0 Å². The summed E-state index contributed by atoms with van der Waals surface area (Å²) in [5.41, 5.74) is 1.55. The molecule has 1 N–H and O–H groups in total. The fourth-order valence-corrected chi connectivity index (χ4v) is 2.19. The van der Waals surface area contributed by atoms with Crippen LogP contribution >= 0.6 is 11.6 Å². The summed E-state index contributed by atoms with van der Waals surface area (Å²) in [5.74, 6) is 0. The number of aryl methyl sites for hydroxylation is 1. The molecule has 0 bridgehead atoms. The highest BCUT2D eigenvalue weighted by atomic mass is 35.5. The van der Waals surface area contributed by atoms with E-state index in [2.05, 4.69) is 0 Å². The van der Waals surface area contributed by atoms with Crippen molar-refractivity contribution in [1.29, 1.82) is 0 Å². The van der Waals surface area contributed by atoms with Crippen molar-refractivity contribution in [3.8, 4) is 0 Å². The van der Waals surface area contributed by atoms with Gasteiger partial charge >= 0.3 is 0 Å². The van der Waals surface area contributed by atoms with Gasteiger partial charge in [-0.2, -0.15) is 0 Å². The highest BCUT2D eigenvalue weighted by Crippen LogP contribution is 2.26. The van der Waals surface area contributed by atoms with E-state index in [1.807, 2.05) is 19.1 Å². The highest BCUT2D eigenvalue weighted by molar-refractivity contribution is 6.30. The molecule has 0 fully saturated rings. The maximum atomic E-state index is 12.1. The topological polar surface area (TPSA) is 42.2 Å². The average molecular weight is 252 g/mol. The summed E-state index contributed by atoms with van der Waals surface area (Å²) in [6, 6.07) is 5.42. The average Bonchev–Trinajstić information content (AvgIpc) is 2.26. The number of fused-ring (bicyclic) bond motifs is 1. The number of hydrogen-bond donors (Lipinski definition) is 1. The quantitative estimate of drug-likeness (QED) is 0.792. The van der Waals surface area contributed by atoms with Crippen molar-refractivity contribution in [1.82, 2.24) is 4.57 Å². The first-order chi connectivity index (χ1) is 7.91. The molecule has 0 amide bonds. The first-order valence-corrected chi connectivity index (χ1v) is 5.77. The minimum Gasteiger partial charge on any atom is -0.389 e. The molecule has 0 aliphatic rings. The van der Waals surface area contributed by atoms with Crippen molar-refractivity contribution in [2.45, 2.75) is 20.0 Å². The van der Waals surface area contributed by atoms with E-state index < -0.39 is 6.10 Å². The molecule has 0 saturated heterocycles. The molecule has 4 heteroatoms. The Labute approximate surface area is 104 Å². The standard InChI is InChI=1S/C13H14ClNO2/c1-7-4-9(8(2)16)10-6-12(14)15(3)13(17)11(10)5-7/h4-6,8,16H,1-3H3. The monoisotopic (exact) mass is 251 g/mol. The molecule has 0 aliphatic heterocycles. The highest BCUT2D eigenvalue weighted by Gasteiger charge is 2.12. The third-order valence-electron chi connectivity index (χ3n) is 2.93. The van der Waals surface area contributed by atoms with E-state index in [0.717, 1.165) is 16.5 Å². The van der Waals surface area contributed by atoms with Crippen LogP contribution in [-0.2, 0) is 7.05 Å². The van der Waals surface area contributed by atoms with Crippen LogP contribution < -0.4 is 5.56 Å². The Morgan fingerprint density at radius 2 is 1.94 bits per heavy atom. The van der Waals surface area contributed by atoms with Crippen LogP contribution in [0.3, 0.4) is 0 Å². The van der Waals surface area contributed by atoms with Gasteiger partial charge in [0.1, 0.15) is 5.15 Å². The SMILES string of the molecule is Cc1cc(C(C)O)c2cc(Cl)n(C)c(=O)c2c1. The predicted molar refractivity (Wildman–Crippen MR) is 69.6 cm³/mol. The van der Waals surface area contributed by atoms with Gasteiger partial charge in [-0.1, -0.05) is 17.7 Å². The van der Waals surface area contributed by atoms with Crippen LogP contribution in [0.5, 0.6) is 0 Å². The zero-order chi connectivity index (χ0) is 12.7. The Balaban J connectivity index is 3.00. The number of pyridine rings is 1. The van der Waals surface area contributed by atoms with Gasteiger partial charge in [0.25, 0.3) is 5.56 Å². The summed E-state index contributed by atoms with van der Waals surface area (Å²) < 4.78 is 1.40. The normalized spacial score (nSPS) is 13.0. The molecule has 1 unspecified atom stereocenters. The molecule has 3 nitrogen and oxygen atoms in total. The molecule has 17 heavy (non-hydrogen) atoms. The van der Waals surface area contributed by atoms with Crippen LogP contribution in [0.1, 0.15) is 24.2 Å². The van der Waals surface area contributed by atoms with Crippen molar-refractivity contribution in [3.05, 3.63) is 44.8 Å². The second-order valence-electron chi connectivity index (χ2n) is 4.32. The van der Waals surface area contributed by atoms with Gasteiger partial charge in [0, 0.05) is 12.4 Å². The number of aromatic nitrogens is 1. The van der Waals surface area contributed by atoms with Crippen LogP contribution in [0.4, 0.5) is 0 Å². The minimum absolute atomic E-state index is 0.141. The zero-order valence-corrected chi connectivity index (χ0v) is 10.7. The number of hydrogen-bond acceptors (Lipinski definition) is 2. The number of rotatable bonds is 1. The molecule has 2 aromatic rings. The molecule has 1 aromatic heterocycles. The maximum absolute atomic E-state index is 12.1. The second kappa shape index (κ2) is 4.17. The molecular formula is C13H14ClNO2. The van der Waals surface area contributed by atoms with Gasteiger partial charge in [0.05, 0.1) is 6.10 Å². The number of nitrogens with zero attached hydrogens (tertiary/aromatic N) is 1. The lowest BCUT2D eigenvalue weighted by molar-refractivity contribution is 0.201. The third-order valence-corrected chi connectivity index (χ3v) is 3.29. The van der Waals surface area contributed by atoms with E-state index in [0.29, 0.717) is 10.5 Å². The molecule has 0 spiro atoms. The van der Waals surface area contributed by atoms with Crippen molar-refractivity contribution in [3.63, 3.8) is 0 Å². The summed E-state index contributed by atoms with van der Waals surface area (Å²) in [5, 5.41) is 11.4. The van der Waals surface area contributed by atoms with E-state index in [-0.39, 0.29) is 5.56 Å². The third kappa shape index (κ3) is 1.96. The van der Waals surface area contributed by atoms with E-state index in [1.54, 1.807) is 20.0 Å². The fraction of sp³-hybridized carbons (Fsp3) is 0.308. The number of benzene rings is 1. The van der Waals surface area contributed by atoms with Crippen molar-refractivity contribution in [2.24, 2.45) is 7.05 Å². The Bertz CT molecular complexity index is 644.